The lowest BCUT2D eigenvalue weighted by Gasteiger charge is -2.01. The Morgan fingerprint density at radius 1 is 1.11 bits per heavy atom. The number of fused-ring (bicyclic) bond motifs is 1. The molecule has 1 aromatic carbocycles. The molecule has 5 nitrogen and oxygen atoms in total. The molecule has 2 aromatic heterocycles. The molecule has 2 heterocycles. The maximum absolute atomic E-state index is 5.67. The van der Waals surface area contributed by atoms with Gasteiger partial charge < -0.3 is 0 Å². The molecule has 0 saturated carbocycles. The molecular formula is C12H10ClN5. The Morgan fingerprint density at radius 3 is 2.78 bits per heavy atom. The van der Waals surface area contributed by atoms with Crippen molar-refractivity contribution in [2.24, 2.45) is 0 Å². The minimum Gasteiger partial charge on any atom is -0.253 e. The minimum absolute atomic E-state index is 0.544. The number of alkyl halides is 1. The van der Waals surface area contributed by atoms with Gasteiger partial charge in [0.05, 0.1) is 28.6 Å². The maximum Gasteiger partial charge on any atom is 0.0908 e. The number of hydrogen-bond acceptors (Lipinski definition) is 4. The summed E-state index contributed by atoms with van der Waals surface area (Å²) in [7, 11) is 0. The highest BCUT2D eigenvalue weighted by Gasteiger charge is 2.04. The zero-order valence-corrected chi connectivity index (χ0v) is 10.2. The molecular weight excluding hydrogens is 250 g/mol. The molecule has 6 heteroatoms. The van der Waals surface area contributed by atoms with E-state index in [1.165, 1.54) is 0 Å². The predicted molar refractivity (Wildman–Crippen MR) is 68.9 cm³/mol. The van der Waals surface area contributed by atoms with Gasteiger partial charge in [0.2, 0.25) is 0 Å². The van der Waals surface area contributed by atoms with Gasteiger partial charge in [0.25, 0.3) is 0 Å². The summed E-state index contributed by atoms with van der Waals surface area (Å²) in [5, 5.41) is 8.13. The molecule has 0 N–H and O–H groups in total. The SMILES string of the molecule is ClCCc1cn(-c2ccc3nccnc3c2)nn1. The van der Waals surface area contributed by atoms with E-state index in [2.05, 4.69) is 20.3 Å². The van der Waals surface area contributed by atoms with Crippen molar-refractivity contribution < 1.29 is 0 Å². The van der Waals surface area contributed by atoms with Crippen LogP contribution >= 0.6 is 11.6 Å². The van der Waals surface area contributed by atoms with E-state index in [-0.39, 0.29) is 0 Å². The molecule has 0 aliphatic heterocycles. The Kier molecular flexibility index (Phi) is 2.90. The Bertz CT molecular complexity index is 679. The molecule has 0 aliphatic carbocycles. The lowest BCUT2D eigenvalue weighted by Crippen LogP contribution is -1.95. The second-order valence-corrected chi connectivity index (χ2v) is 4.20. The first-order chi connectivity index (χ1) is 8.86. The number of aryl methyl sites for hydroxylation is 1. The molecule has 0 fully saturated rings. The first kappa shape index (κ1) is 11.1. The van der Waals surface area contributed by atoms with Gasteiger partial charge in [-0.1, -0.05) is 5.21 Å². The molecule has 0 atom stereocenters. The molecule has 0 spiro atoms. The van der Waals surface area contributed by atoms with Crippen LogP contribution in [0.15, 0.2) is 36.8 Å². The van der Waals surface area contributed by atoms with E-state index in [1.54, 1.807) is 17.1 Å². The number of hydrogen-bond donors (Lipinski definition) is 0. The molecule has 0 amide bonds. The zero-order valence-electron chi connectivity index (χ0n) is 9.49. The van der Waals surface area contributed by atoms with E-state index in [9.17, 15) is 0 Å². The maximum atomic E-state index is 5.67. The normalized spacial score (nSPS) is 10.9. The monoisotopic (exact) mass is 259 g/mol. The van der Waals surface area contributed by atoms with Crippen molar-refractivity contribution in [1.82, 2.24) is 25.0 Å². The van der Waals surface area contributed by atoms with Crippen LogP contribution in [-0.4, -0.2) is 30.8 Å². The fourth-order valence-corrected chi connectivity index (χ4v) is 1.92. The van der Waals surface area contributed by atoms with Crippen molar-refractivity contribution in [3.05, 3.63) is 42.5 Å². The molecule has 0 aliphatic rings. The second-order valence-electron chi connectivity index (χ2n) is 3.82. The summed E-state index contributed by atoms with van der Waals surface area (Å²) < 4.78 is 1.72. The van der Waals surface area contributed by atoms with Crippen LogP contribution in [0.25, 0.3) is 16.7 Å². The van der Waals surface area contributed by atoms with E-state index in [0.29, 0.717) is 5.88 Å². The Hall–Kier alpha value is -2.01. The van der Waals surface area contributed by atoms with Gasteiger partial charge in [-0.15, -0.1) is 16.7 Å². The summed E-state index contributed by atoms with van der Waals surface area (Å²) in [5.41, 5.74) is 3.49. The molecule has 90 valence electrons. The van der Waals surface area contributed by atoms with Crippen LogP contribution in [0.2, 0.25) is 0 Å². The number of aromatic nitrogens is 5. The first-order valence-electron chi connectivity index (χ1n) is 5.55. The lowest BCUT2D eigenvalue weighted by molar-refractivity contribution is 0.798. The summed E-state index contributed by atoms with van der Waals surface area (Å²) >= 11 is 5.67. The van der Waals surface area contributed by atoms with Gasteiger partial charge in [-0.25, -0.2) is 4.68 Å². The fraction of sp³-hybridized carbons (Fsp3) is 0.167. The highest BCUT2D eigenvalue weighted by molar-refractivity contribution is 6.17. The number of benzene rings is 1. The average molecular weight is 260 g/mol. The van der Waals surface area contributed by atoms with Gasteiger partial charge in [0.1, 0.15) is 0 Å². The Labute approximate surface area is 108 Å². The summed E-state index contributed by atoms with van der Waals surface area (Å²) in [4.78, 5) is 8.49. The van der Waals surface area contributed by atoms with Crippen LogP contribution in [0, 0.1) is 0 Å². The van der Waals surface area contributed by atoms with E-state index >= 15 is 0 Å². The molecule has 0 unspecified atom stereocenters. The smallest absolute Gasteiger partial charge is 0.0908 e. The third-order valence-corrected chi connectivity index (χ3v) is 2.80. The number of nitrogens with zero attached hydrogens (tertiary/aromatic N) is 5. The quantitative estimate of drug-likeness (QED) is 0.675. The standard InChI is InChI=1S/C12H10ClN5/c13-4-3-9-8-18(17-16-9)10-1-2-11-12(7-10)15-6-5-14-11/h1-2,5-8H,3-4H2. The highest BCUT2D eigenvalue weighted by Crippen LogP contribution is 2.14. The van der Waals surface area contributed by atoms with Crippen LogP contribution in [0.4, 0.5) is 0 Å². The minimum atomic E-state index is 0.544. The molecule has 0 bridgehead atoms. The van der Waals surface area contributed by atoms with Crippen LogP contribution in [0.5, 0.6) is 0 Å². The molecule has 0 radical (unpaired) electrons. The van der Waals surface area contributed by atoms with Crippen molar-refractivity contribution in [3.8, 4) is 5.69 Å². The summed E-state index contributed by atoms with van der Waals surface area (Å²) in [6, 6.07) is 5.79. The van der Waals surface area contributed by atoms with E-state index in [1.807, 2.05) is 24.4 Å². The molecule has 3 aromatic rings. The van der Waals surface area contributed by atoms with Gasteiger partial charge >= 0.3 is 0 Å². The Balaban J connectivity index is 2.02. The summed E-state index contributed by atoms with van der Waals surface area (Å²) in [5.74, 6) is 0.544. The van der Waals surface area contributed by atoms with Gasteiger partial charge in [-0.2, -0.15) is 0 Å². The highest BCUT2D eigenvalue weighted by atomic mass is 35.5. The third-order valence-electron chi connectivity index (χ3n) is 2.61. The first-order valence-corrected chi connectivity index (χ1v) is 6.08. The van der Waals surface area contributed by atoms with E-state index < -0.39 is 0 Å². The largest absolute Gasteiger partial charge is 0.253 e. The summed E-state index contributed by atoms with van der Waals surface area (Å²) in [6.07, 6.45) is 5.94. The van der Waals surface area contributed by atoms with Gasteiger partial charge in [0.15, 0.2) is 0 Å². The molecule has 18 heavy (non-hydrogen) atoms. The zero-order chi connectivity index (χ0) is 12.4. The third kappa shape index (κ3) is 2.04. The second kappa shape index (κ2) is 4.70. The van der Waals surface area contributed by atoms with E-state index in [0.717, 1.165) is 28.8 Å². The average Bonchev–Trinajstić information content (AvgIpc) is 2.87. The Morgan fingerprint density at radius 2 is 1.94 bits per heavy atom. The van der Waals surface area contributed by atoms with Crippen molar-refractivity contribution in [2.45, 2.75) is 6.42 Å². The molecule has 0 saturated heterocycles. The van der Waals surface area contributed by atoms with Crippen LogP contribution in [-0.2, 0) is 6.42 Å². The molecule has 3 rings (SSSR count). The van der Waals surface area contributed by atoms with Gasteiger partial charge in [-0.05, 0) is 18.2 Å². The summed E-state index contributed by atoms with van der Waals surface area (Å²) in [6.45, 7) is 0. The van der Waals surface area contributed by atoms with Crippen molar-refractivity contribution in [1.29, 1.82) is 0 Å². The van der Waals surface area contributed by atoms with Gasteiger partial charge in [0, 0.05) is 24.7 Å². The predicted octanol–water partition coefficient (Wildman–Crippen LogP) is 1.99. The van der Waals surface area contributed by atoms with Crippen LogP contribution in [0.3, 0.4) is 0 Å². The van der Waals surface area contributed by atoms with Crippen molar-refractivity contribution in [2.75, 3.05) is 5.88 Å². The topological polar surface area (TPSA) is 56.5 Å². The van der Waals surface area contributed by atoms with Crippen molar-refractivity contribution >= 4 is 22.6 Å². The van der Waals surface area contributed by atoms with Crippen LogP contribution < -0.4 is 0 Å². The van der Waals surface area contributed by atoms with Crippen molar-refractivity contribution in [3.63, 3.8) is 0 Å². The van der Waals surface area contributed by atoms with Gasteiger partial charge in [-0.3, -0.25) is 9.97 Å². The number of halogens is 1. The van der Waals surface area contributed by atoms with E-state index in [4.69, 9.17) is 11.6 Å². The fourth-order valence-electron chi connectivity index (χ4n) is 1.73. The van der Waals surface area contributed by atoms with Crippen LogP contribution in [0.1, 0.15) is 5.69 Å². The lowest BCUT2D eigenvalue weighted by atomic mass is 10.2. The number of rotatable bonds is 3.